The van der Waals surface area contributed by atoms with Crippen molar-refractivity contribution in [1.29, 1.82) is 0 Å². The Bertz CT molecular complexity index is 696. The lowest BCUT2D eigenvalue weighted by atomic mass is 9.97. The van der Waals surface area contributed by atoms with E-state index in [1.54, 1.807) is 7.11 Å². The summed E-state index contributed by atoms with van der Waals surface area (Å²) in [5.41, 5.74) is 2.51. The summed E-state index contributed by atoms with van der Waals surface area (Å²) >= 11 is 6.02. The number of aryl methyl sites for hydroxylation is 1. The van der Waals surface area contributed by atoms with Crippen molar-refractivity contribution in [3.63, 3.8) is 0 Å². The molecule has 1 aromatic heterocycles. The molecule has 0 spiro atoms. The van der Waals surface area contributed by atoms with Gasteiger partial charge in [0.25, 0.3) is 0 Å². The van der Waals surface area contributed by atoms with Crippen LogP contribution in [0.15, 0.2) is 30.6 Å². The number of hydrogen-bond donors (Lipinski definition) is 1. The van der Waals surface area contributed by atoms with Crippen molar-refractivity contribution in [1.82, 2.24) is 9.97 Å². The van der Waals surface area contributed by atoms with Gasteiger partial charge in [0.1, 0.15) is 6.33 Å². The summed E-state index contributed by atoms with van der Waals surface area (Å²) in [6.07, 6.45) is 4.93. The number of benzene rings is 1. The topological polar surface area (TPSA) is 56.3 Å². The summed E-state index contributed by atoms with van der Waals surface area (Å²) in [5.74, 6) is 1.06. The zero-order valence-corrected chi connectivity index (χ0v) is 14.7. The average molecular weight is 348 g/mol. The van der Waals surface area contributed by atoms with Crippen LogP contribution in [-0.4, -0.2) is 29.7 Å². The third kappa shape index (κ3) is 3.97. The third-order valence-electron chi connectivity index (χ3n) is 4.22. The van der Waals surface area contributed by atoms with E-state index in [-0.39, 0.29) is 12.2 Å². The maximum absolute atomic E-state index is 6.27. The second kappa shape index (κ2) is 7.81. The molecule has 1 N–H and O–H groups in total. The Labute approximate surface area is 147 Å². The summed E-state index contributed by atoms with van der Waals surface area (Å²) in [4.78, 5) is 8.12. The lowest BCUT2D eigenvalue weighted by Crippen LogP contribution is -2.29. The average Bonchev–Trinajstić information content (AvgIpc) is 2.60. The van der Waals surface area contributed by atoms with Gasteiger partial charge in [-0.05, 0) is 31.7 Å². The first kappa shape index (κ1) is 17.0. The van der Waals surface area contributed by atoms with Gasteiger partial charge in [-0.1, -0.05) is 41.4 Å². The van der Waals surface area contributed by atoms with Crippen LogP contribution in [0.4, 0.5) is 5.82 Å². The molecule has 1 aliphatic heterocycles. The first-order chi connectivity index (χ1) is 11.7. The molecule has 3 rings (SSSR count). The SMILES string of the molecule is COc1c(Cl)ncnc1NC[C@H]1CCC[C@@H](c2cccc(C)c2)O1. The molecule has 0 aliphatic carbocycles. The van der Waals surface area contributed by atoms with Gasteiger partial charge in [0.05, 0.1) is 19.3 Å². The molecule has 128 valence electrons. The fourth-order valence-electron chi connectivity index (χ4n) is 3.03. The second-order valence-corrected chi connectivity index (χ2v) is 6.38. The molecule has 0 saturated carbocycles. The van der Waals surface area contributed by atoms with Crippen molar-refractivity contribution in [2.75, 3.05) is 19.0 Å². The van der Waals surface area contributed by atoms with Crippen LogP contribution in [0.2, 0.25) is 5.15 Å². The van der Waals surface area contributed by atoms with E-state index in [0.717, 1.165) is 19.3 Å². The van der Waals surface area contributed by atoms with Gasteiger partial charge in [-0.15, -0.1) is 0 Å². The Kier molecular flexibility index (Phi) is 5.53. The lowest BCUT2D eigenvalue weighted by Gasteiger charge is -2.31. The minimum absolute atomic E-state index is 0.128. The molecule has 1 saturated heterocycles. The van der Waals surface area contributed by atoms with Crippen LogP contribution in [0.1, 0.15) is 36.5 Å². The number of nitrogens with one attached hydrogen (secondary N) is 1. The van der Waals surface area contributed by atoms with E-state index in [1.165, 1.54) is 17.5 Å². The molecule has 1 aromatic carbocycles. The minimum atomic E-state index is 0.128. The van der Waals surface area contributed by atoms with E-state index in [9.17, 15) is 0 Å². The van der Waals surface area contributed by atoms with E-state index >= 15 is 0 Å². The number of ether oxygens (including phenoxy) is 2. The fourth-order valence-corrected chi connectivity index (χ4v) is 3.24. The van der Waals surface area contributed by atoms with Crippen LogP contribution in [-0.2, 0) is 4.74 Å². The van der Waals surface area contributed by atoms with E-state index in [1.807, 2.05) is 0 Å². The molecular formula is C18H22ClN3O2. The van der Waals surface area contributed by atoms with E-state index < -0.39 is 0 Å². The van der Waals surface area contributed by atoms with Crippen LogP contribution in [0.25, 0.3) is 0 Å². The molecule has 0 radical (unpaired) electrons. The zero-order valence-electron chi connectivity index (χ0n) is 14.0. The predicted octanol–water partition coefficient (Wildman–Crippen LogP) is 4.17. The maximum atomic E-state index is 6.27. The monoisotopic (exact) mass is 347 g/mol. The Morgan fingerprint density at radius 3 is 3.00 bits per heavy atom. The quantitative estimate of drug-likeness (QED) is 0.823. The van der Waals surface area contributed by atoms with Crippen LogP contribution >= 0.6 is 11.6 Å². The molecule has 0 amide bonds. The summed E-state index contributed by atoms with van der Waals surface area (Å²) in [5, 5.41) is 3.58. The Hall–Kier alpha value is -1.85. The number of rotatable bonds is 5. The highest BCUT2D eigenvalue weighted by atomic mass is 35.5. The first-order valence-electron chi connectivity index (χ1n) is 8.17. The summed E-state index contributed by atoms with van der Waals surface area (Å²) in [6.45, 7) is 2.77. The molecule has 5 nitrogen and oxygen atoms in total. The van der Waals surface area contributed by atoms with E-state index in [0.29, 0.717) is 23.3 Å². The highest BCUT2D eigenvalue weighted by Gasteiger charge is 2.24. The number of hydrogen-bond acceptors (Lipinski definition) is 5. The molecular weight excluding hydrogens is 326 g/mol. The number of halogens is 1. The molecule has 1 fully saturated rings. The van der Waals surface area contributed by atoms with Crippen molar-refractivity contribution in [2.24, 2.45) is 0 Å². The van der Waals surface area contributed by atoms with Crippen LogP contribution in [0, 0.1) is 6.92 Å². The summed E-state index contributed by atoms with van der Waals surface area (Å²) < 4.78 is 11.5. The number of methoxy groups -OCH3 is 1. The highest BCUT2D eigenvalue weighted by Crippen LogP contribution is 2.33. The highest BCUT2D eigenvalue weighted by molar-refractivity contribution is 6.31. The maximum Gasteiger partial charge on any atom is 0.198 e. The van der Waals surface area contributed by atoms with Crippen molar-refractivity contribution in [3.8, 4) is 5.75 Å². The van der Waals surface area contributed by atoms with Gasteiger partial charge in [-0.2, -0.15) is 0 Å². The van der Waals surface area contributed by atoms with Gasteiger partial charge in [0, 0.05) is 6.54 Å². The van der Waals surface area contributed by atoms with E-state index in [2.05, 4.69) is 46.5 Å². The van der Waals surface area contributed by atoms with Crippen molar-refractivity contribution < 1.29 is 9.47 Å². The van der Waals surface area contributed by atoms with Gasteiger partial charge in [-0.25, -0.2) is 9.97 Å². The van der Waals surface area contributed by atoms with Crippen LogP contribution in [0.5, 0.6) is 5.75 Å². The minimum Gasteiger partial charge on any atom is -0.490 e. The van der Waals surface area contributed by atoms with Crippen molar-refractivity contribution in [2.45, 2.75) is 38.4 Å². The smallest absolute Gasteiger partial charge is 0.198 e. The number of nitrogens with zero attached hydrogens (tertiary/aromatic N) is 2. The van der Waals surface area contributed by atoms with Crippen LogP contribution in [0.3, 0.4) is 0 Å². The van der Waals surface area contributed by atoms with Crippen LogP contribution < -0.4 is 10.1 Å². The third-order valence-corrected chi connectivity index (χ3v) is 4.49. The van der Waals surface area contributed by atoms with Crippen molar-refractivity contribution >= 4 is 17.4 Å². The standard InChI is InChI=1S/C18H22ClN3O2/c1-12-5-3-6-13(9-12)15-8-4-7-14(24-15)10-20-18-16(23-2)17(19)21-11-22-18/h3,5-6,9,11,14-15H,4,7-8,10H2,1-2H3,(H,20,21,22)/t14-,15+/m1/s1. The van der Waals surface area contributed by atoms with Gasteiger partial charge < -0.3 is 14.8 Å². The first-order valence-corrected chi connectivity index (χ1v) is 8.55. The molecule has 2 aromatic rings. The van der Waals surface area contributed by atoms with E-state index in [4.69, 9.17) is 21.1 Å². The van der Waals surface area contributed by atoms with Gasteiger partial charge in [-0.3, -0.25) is 0 Å². The second-order valence-electron chi connectivity index (χ2n) is 6.02. The van der Waals surface area contributed by atoms with Gasteiger partial charge in [0.2, 0.25) is 0 Å². The summed E-state index contributed by atoms with van der Waals surface area (Å²) in [6, 6.07) is 8.54. The lowest BCUT2D eigenvalue weighted by molar-refractivity contribution is -0.0442. The molecule has 2 atom stereocenters. The number of aromatic nitrogens is 2. The Morgan fingerprint density at radius 1 is 1.33 bits per heavy atom. The fraction of sp³-hybridized carbons (Fsp3) is 0.444. The summed E-state index contributed by atoms with van der Waals surface area (Å²) in [7, 11) is 1.56. The number of anilines is 1. The molecule has 0 bridgehead atoms. The Morgan fingerprint density at radius 2 is 2.21 bits per heavy atom. The van der Waals surface area contributed by atoms with Gasteiger partial charge in [0.15, 0.2) is 16.7 Å². The molecule has 2 heterocycles. The predicted molar refractivity (Wildman–Crippen MR) is 94.7 cm³/mol. The zero-order chi connectivity index (χ0) is 16.9. The van der Waals surface area contributed by atoms with Gasteiger partial charge >= 0.3 is 0 Å². The Balaban J connectivity index is 1.63. The molecule has 24 heavy (non-hydrogen) atoms. The molecule has 0 unspecified atom stereocenters. The largest absolute Gasteiger partial charge is 0.490 e. The van der Waals surface area contributed by atoms with Crippen molar-refractivity contribution in [3.05, 3.63) is 46.9 Å². The normalized spacial score (nSPS) is 20.6. The molecule has 1 aliphatic rings. The molecule has 6 heteroatoms.